The van der Waals surface area contributed by atoms with Crippen LogP contribution in [0.3, 0.4) is 0 Å². The summed E-state index contributed by atoms with van der Waals surface area (Å²) in [5.41, 5.74) is 10.4. The molecule has 3 amide bonds. The summed E-state index contributed by atoms with van der Waals surface area (Å²) in [5, 5.41) is 6.25. The van der Waals surface area contributed by atoms with E-state index >= 15 is 0 Å². The summed E-state index contributed by atoms with van der Waals surface area (Å²) in [5.74, 6) is 0.107. The van der Waals surface area contributed by atoms with Crippen molar-refractivity contribution >= 4 is 11.9 Å². The third-order valence-electron chi connectivity index (χ3n) is 6.19. The zero-order chi connectivity index (χ0) is 22.5. The number of urea groups is 1. The second-order valence-electron chi connectivity index (χ2n) is 8.85. The summed E-state index contributed by atoms with van der Waals surface area (Å²) in [4.78, 5) is 26.3. The van der Waals surface area contributed by atoms with Crippen molar-refractivity contribution in [2.24, 2.45) is 11.7 Å². The first-order valence-corrected chi connectivity index (χ1v) is 10.9. The van der Waals surface area contributed by atoms with E-state index in [-0.39, 0.29) is 18.1 Å². The minimum atomic E-state index is -0.413. The molecule has 0 heterocycles. The Balaban J connectivity index is 1.63. The second kappa shape index (κ2) is 9.96. The summed E-state index contributed by atoms with van der Waals surface area (Å²) < 4.78 is 0. The lowest BCUT2D eigenvalue weighted by atomic mass is 9.93. The van der Waals surface area contributed by atoms with E-state index in [0.717, 1.165) is 36.0 Å². The molecule has 0 spiro atoms. The van der Waals surface area contributed by atoms with Gasteiger partial charge in [-0.3, -0.25) is 4.79 Å². The zero-order valence-corrected chi connectivity index (χ0v) is 18.9. The first kappa shape index (κ1) is 22.8. The lowest BCUT2D eigenvalue weighted by molar-refractivity contribution is 0.1000. The highest BCUT2D eigenvalue weighted by Crippen LogP contribution is 2.40. The number of benzene rings is 2. The van der Waals surface area contributed by atoms with Gasteiger partial charge in [0.15, 0.2) is 0 Å². The van der Waals surface area contributed by atoms with E-state index in [1.807, 2.05) is 58.3 Å². The highest BCUT2D eigenvalue weighted by Gasteiger charge is 2.33. The SMILES string of the molecule is Cc1cc(C(N)=O)cc(C)c1CC(CNC(=O)NC(c1ccccc1)C1CC1)N(C)C. The van der Waals surface area contributed by atoms with Crippen LogP contribution in [0.5, 0.6) is 0 Å². The molecule has 31 heavy (non-hydrogen) atoms. The van der Waals surface area contributed by atoms with E-state index in [2.05, 4.69) is 27.7 Å². The molecule has 0 saturated heterocycles. The quantitative estimate of drug-likeness (QED) is 0.579. The molecule has 6 nitrogen and oxygen atoms in total. The average Bonchev–Trinajstić information content (AvgIpc) is 3.56. The van der Waals surface area contributed by atoms with E-state index in [4.69, 9.17) is 5.73 Å². The summed E-state index contributed by atoms with van der Waals surface area (Å²) >= 11 is 0. The maximum absolute atomic E-state index is 12.7. The van der Waals surface area contributed by atoms with Gasteiger partial charge in [0, 0.05) is 18.2 Å². The molecule has 4 N–H and O–H groups in total. The molecule has 6 heteroatoms. The van der Waals surface area contributed by atoms with Gasteiger partial charge in [0.05, 0.1) is 6.04 Å². The molecular formula is C25H34N4O2. The first-order chi connectivity index (χ1) is 14.8. The smallest absolute Gasteiger partial charge is 0.315 e. The number of nitrogens with two attached hydrogens (primary N) is 1. The molecule has 1 aliphatic rings. The largest absolute Gasteiger partial charge is 0.366 e. The number of likely N-dealkylation sites (N-methyl/N-ethyl adjacent to an activating group) is 1. The summed E-state index contributed by atoms with van der Waals surface area (Å²) in [7, 11) is 4.04. The van der Waals surface area contributed by atoms with E-state index in [1.165, 1.54) is 5.56 Å². The van der Waals surface area contributed by atoms with Gasteiger partial charge in [-0.15, -0.1) is 0 Å². The van der Waals surface area contributed by atoms with Crippen molar-refractivity contribution in [3.8, 4) is 0 Å². The van der Waals surface area contributed by atoms with E-state index < -0.39 is 5.91 Å². The average molecular weight is 423 g/mol. The third kappa shape index (κ3) is 6.07. The highest BCUT2D eigenvalue weighted by atomic mass is 16.2. The van der Waals surface area contributed by atoms with Gasteiger partial charge in [0.1, 0.15) is 0 Å². The number of carbonyl (C=O) groups excluding carboxylic acids is 2. The van der Waals surface area contributed by atoms with Crippen molar-refractivity contribution < 1.29 is 9.59 Å². The monoisotopic (exact) mass is 422 g/mol. The van der Waals surface area contributed by atoms with Gasteiger partial charge < -0.3 is 21.3 Å². The minimum Gasteiger partial charge on any atom is -0.366 e. The van der Waals surface area contributed by atoms with Crippen molar-refractivity contribution in [1.82, 2.24) is 15.5 Å². The predicted molar refractivity (Wildman–Crippen MR) is 124 cm³/mol. The molecule has 1 saturated carbocycles. The van der Waals surface area contributed by atoms with Crippen molar-refractivity contribution in [3.63, 3.8) is 0 Å². The normalized spacial score (nSPS) is 15.4. The topological polar surface area (TPSA) is 87.5 Å². The number of carbonyl (C=O) groups is 2. The van der Waals surface area contributed by atoms with Crippen LogP contribution in [0.4, 0.5) is 4.79 Å². The van der Waals surface area contributed by atoms with Gasteiger partial charge in [-0.1, -0.05) is 30.3 Å². The standard InChI is InChI=1S/C25H34N4O2/c1-16-12-20(24(26)30)13-17(2)22(16)14-21(29(3)4)15-27-25(31)28-23(19-10-11-19)18-8-6-5-7-9-18/h5-9,12-13,19,21,23H,10-11,14-15H2,1-4H3,(H2,26,30)(H2,27,28,31). The molecule has 2 aromatic carbocycles. The lowest BCUT2D eigenvalue weighted by Crippen LogP contribution is -2.46. The summed E-state index contributed by atoms with van der Waals surface area (Å²) in [6.07, 6.45) is 3.08. The van der Waals surface area contributed by atoms with Crippen molar-refractivity contribution in [2.75, 3.05) is 20.6 Å². The third-order valence-corrected chi connectivity index (χ3v) is 6.19. The van der Waals surface area contributed by atoms with Crippen LogP contribution in [-0.4, -0.2) is 43.5 Å². The van der Waals surface area contributed by atoms with Gasteiger partial charge >= 0.3 is 6.03 Å². The Morgan fingerprint density at radius 3 is 2.23 bits per heavy atom. The molecule has 0 radical (unpaired) electrons. The van der Waals surface area contributed by atoms with E-state index in [9.17, 15) is 9.59 Å². The van der Waals surface area contributed by atoms with Crippen molar-refractivity contribution in [2.45, 2.75) is 45.2 Å². The van der Waals surface area contributed by atoms with Crippen LogP contribution in [0, 0.1) is 19.8 Å². The number of aryl methyl sites for hydroxylation is 2. The zero-order valence-electron chi connectivity index (χ0n) is 18.9. The van der Waals surface area contributed by atoms with Crippen LogP contribution in [0.15, 0.2) is 42.5 Å². The van der Waals surface area contributed by atoms with Crippen LogP contribution in [-0.2, 0) is 6.42 Å². The molecular weight excluding hydrogens is 388 g/mol. The minimum absolute atomic E-state index is 0.0600. The maximum atomic E-state index is 12.7. The Bertz CT molecular complexity index is 899. The maximum Gasteiger partial charge on any atom is 0.315 e. The number of amides is 3. The number of nitrogens with zero attached hydrogens (tertiary/aromatic N) is 1. The van der Waals surface area contributed by atoms with Gasteiger partial charge in [0.2, 0.25) is 5.91 Å². The number of nitrogens with one attached hydrogen (secondary N) is 2. The molecule has 166 valence electrons. The number of primary amides is 1. The molecule has 2 aromatic rings. The molecule has 1 fully saturated rings. The summed E-state index contributed by atoms with van der Waals surface area (Å²) in [6, 6.07) is 13.9. The van der Waals surface area contributed by atoms with Gasteiger partial charge in [-0.25, -0.2) is 4.79 Å². The summed E-state index contributed by atoms with van der Waals surface area (Å²) in [6.45, 7) is 4.53. The van der Waals surface area contributed by atoms with Crippen molar-refractivity contribution in [3.05, 3.63) is 70.3 Å². The van der Waals surface area contributed by atoms with E-state index in [1.54, 1.807) is 0 Å². The van der Waals surface area contributed by atoms with Crippen LogP contribution in [0.1, 0.15) is 51.5 Å². The fourth-order valence-corrected chi connectivity index (χ4v) is 4.10. The molecule has 0 aromatic heterocycles. The van der Waals surface area contributed by atoms with E-state index in [0.29, 0.717) is 18.0 Å². The molecule has 0 bridgehead atoms. The van der Waals surface area contributed by atoms with Gasteiger partial charge in [-0.05, 0) is 87.5 Å². The Morgan fingerprint density at radius 1 is 1.10 bits per heavy atom. The van der Waals surface area contributed by atoms with Crippen molar-refractivity contribution in [1.29, 1.82) is 0 Å². The Labute approximate surface area is 185 Å². The Kier molecular flexibility index (Phi) is 7.33. The van der Waals surface area contributed by atoms with Crippen LogP contribution < -0.4 is 16.4 Å². The predicted octanol–water partition coefficient (Wildman–Crippen LogP) is 3.33. The fourth-order valence-electron chi connectivity index (χ4n) is 4.10. The molecule has 2 atom stereocenters. The first-order valence-electron chi connectivity index (χ1n) is 10.9. The number of hydrogen-bond donors (Lipinski definition) is 3. The van der Waals surface area contributed by atoms with Gasteiger partial charge in [-0.2, -0.15) is 0 Å². The van der Waals surface area contributed by atoms with Crippen LogP contribution in [0.25, 0.3) is 0 Å². The number of rotatable bonds is 9. The van der Waals surface area contributed by atoms with Gasteiger partial charge in [0.25, 0.3) is 0 Å². The number of hydrogen-bond acceptors (Lipinski definition) is 3. The molecule has 3 rings (SSSR count). The Hall–Kier alpha value is -2.86. The highest BCUT2D eigenvalue weighted by molar-refractivity contribution is 5.93. The second-order valence-corrected chi connectivity index (χ2v) is 8.85. The van der Waals surface area contributed by atoms with Crippen LogP contribution in [0.2, 0.25) is 0 Å². The lowest BCUT2D eigenvalue weighted by Gasteiger charge is -2.27. The Morgan fingerprint density at radius 2 is 1.71 bits per heavy atom. The molecule has 0 aliphatic heterocycles. The van der Waals surface area contributed by atoms with Crippen LogP contribution >= 0.6 is 0 Å². The fraction of sp³-hybridized carbons (Fsp3) is 0.440. The molecule has 1 aliphatic carbocycles. The molecule has 2 unspecified atom stereocenters.